The minimum absolute atomic E-state index is 0.284. The third-order valence-corrected chi connectivity index (χ3v) is 4.28. The van der Waals surface area contributed by atoms with Gasteiger partial charge in [0.15, 0.2) is 0 Å². The highest BCUT2D eigenvalue weighted by Gasteiger charge is 2.30. The number of halogens is 3. The van der Waals surface area contributed by atoms with Gasteiger partial charge in [0, 0.05) is 23.3 Å². The molecular weight excluding hydrogens is 367 g/mol. The van der Waals surface area contributed by atoms with Crippen LogP contribution in [0.4, 0.5) is 24.7 Å². The summed E-state index contributed by atoms with van der Waals surface area (Å²) in [7, 11) is 0. The number of hydrogen-bond acceptors (Lipinski definition) is 5. The summed E-state index contributed by atoms with van der Waals surface area (Å²) in [5.74, 6) is 0.284. The lowest BCUT2D eigenvalue weighted by molar-refractivity contribution is -0.137. The Kier molecular flexibility index (Phi) is 4.38. The number of aryl methyl sites for hydroxylation is 1. The van der Waals surface area contributed by atoms with Gasteiger partial charge in [-0.25, -0.2) is 4.98 Å². The number of nitrogens with one attached hydrogen (secondary N) is 1. The Morgan fingerprint density at radius 3 is 2.54 bits per heavy atom. The summed E-state index contributed by atoms with van der Waals surface area (Å²) < 4.78 is 38.0. The monoisotopic (exact) mass is 381 g/mol. The van der Waals surface area contributed by atoms with Crippen LogP contribution in [0.25, 0.3) is 22.2 Å². The van der Waals surface area contributed by atoms with Gasteiger partial charge in [0.25, 0.3) is 0 Å². The highest BCUT2D eigenvalue weighted by atomic mass is 19.4. The van der Waals surface area contributed by atoms with Gasteiger partial charge in [-0.2, -0.15) is 23.4 Å². The lowest BCUT2D eigenvalue weighted by Crippen LogP contribution is -2.06. The maximum Gasteiger partial charge on any atom is 0.417 e. The van der Waals surface area contributed by atoms with Gasteiger partial charge >= 0.3 is 6.18 Å². The first kappa shape index (κ1) is 17.8. The third-order valence-electron chi connectivity index (χ3n) is 4.28. The summed E-state index contributed by atoms with van der Waals surface area (Å²) in [5.41, 5.74) is 3.24. The van der Waals surface area contributed by atoms with Crippen molar-refractivity contribution >= 4 is 22.4 Å². The molecule has 1 aromatic carbocycles. The van der Waals surface area contributed by atoms with Gasteiger partial charge in [-0.3, -0.25) is 4.98 Å². The van der Waals surface area contributed by atoms with E-state index in [1.807, 2.05) is 37.3 Å². The van der Waals surface area contributed by atoms with Crippen LogP contribution >= 0.6 is 0 Å². The Bertz CT molecular complexity index is 1140. The quantitative estimate of drug-likeness (QED) is 0.531. The molecule has 28 heavy (non-hydrogen) atoms. The van der Waals surface area contributed by atoms with Gasteiger partial charge in [-0.05, 0) is 42.8 Å². The minimum atomic E-state index is -4.42. The second-order valence-electron chi connectivity index (χ2n) is 6.21. The molecule has 0 aliphatic rings. The van der Waals surface area contributed by atoms with Crippen molar-refractivity contribution in [2.45, 2.75) is 13.1 Å². The second kappa shape index (κ2) is 6.88. The van der Waals surface area contributed by atoms with Gasteiger partial charge in [0.2, 0.25) is 0 Å². The summed E-state index contributed by atoms with van der Waals surface area (Å²) in [4.78, 5) is 8.24. The van der Waals surface area contributed by atoms with Crippen molar-refractivity contribution < 1.29 is 13.2 Å². The lowest BCUT2D eigenvalue weighted by atomic mass is 10.0. The molecule has 3 aromatic heterocycles. The number of rotatable bonds is 3. The van der Waals surface area contributed by atoms with E-state index < -0.39 is 11.7 Å². The fraction of sp³-hybridized carbons (Fsp3) is 0.100. The average molecular weight is 381 g/mol. The molecule has 0 spiro atoms. The normalized spacial score (nSPS) is 11.6. The zero-order valence-electron chi connectivity index (χ0n) is 14.7. The highest BCUT2D eigenvalue weighted by molar-refractivity contribution is 5.94. The molecule has 0 aliphatic carbocycles. The molecule has 0 saturated carbocycles. The van der Waals surface area contributed by atoms with Gasteiger partial charge in [-0.15, -0.1) is 0 Å². The molecule has 0 bridgehead atoms. The molecule has 4 rings (SSSR count). The van der Waals surface area contributed by atoms with Gasteiger partial charge in [0.1, 0.15) is 5.82 Å². The van der Waals surface area contributed by atoms with E-state index in [9.17, 15) is 13.2 Å². The SMILES string of the molecule is Cc1cccnc1-c1ccc2c(Nc3ccc(C(F)(F)F)cn3)cnnc2c1. The summed E-state index contributed by atoms with van der Waals surface area (Å²) in [6, 6.07) is 11.8. The molecule has 0 aliphatic heterocycles. The van der Waals surface area contributed by atoms with E-state index in [2.05, 4.69) is 25.5 Å². The number of fused-ring (bicyclic) bond motifs is 1. The molecule has 0 fully saturated rings. The summed E-state index contributed by atoms with van der Waals surface area (Å²) in [6.07, 6.45) is -0.391. The van der Waals surface area contributed by atoms with Crippen LogP contribution in [0.15, 0.2) is 61.1 Å². The number of aromatic nitrogens is 4. The van der Waals surface area contributed by atoms with Crippen molar-refractivity contribution in [3.05, 3.63) is 72.2 Å². The van der Waals surface area contributed by atoms with Crippen LogP contribution in [0.2, 0.25) is 0 Å². The van der Waals surface area contributed by atoms with Crippen molar-refractivity contribution in [2.75, 3.05) is 5.32 Å². The fourth-order valence-corrected chi connectivity index (χ4v) is 2.87. The molecule has 1 N–H and O–H groups in total. The van der Waals surface area contributed by atoms with Crippen LogP contribution in [0.3, 0.4) is 0 Å². The van der Waals surface area contributed by atoms with Crippen molar-refractivity contribution in [3.8, 4) is 11.3 Å². The predicted molar refractivity (Wildman–Crippen MR) is 100 cm³/mol. The first-order valence-corrected chi connectivity index (χ1v) is 8.39. The Morgan fingerprint density at radius 1 is 0.964 bits per heavy atom. The highest BCUT2D eigenvalue weighted by Crippen LogP contribution is 2.31. The zero-order chi connectivity index (χ0) is 19.7. The number of benzene rings is 1. The molecule has 0 radical (unpaired) electrons. The average Bonchev–Trinajstić information content (AvgIpc) is 2.68. The second-order valence-corrected chi connectivity index (χ2v) is 6.21. The minimum Gasteiger partial charge on any atom is -0.338 e. The van der Waals surface area contributed by atoms with Crippen LogP contribution in [0, 0.1) is 6.92 Å². The first-order valence-electron chi connectivity index (χ1n) is 8.39. The number of anilines is 2. The molecule has 5 nitrogen and oxygen atoms in total. The van der Waals surface area contributed by atoms with E-state index in [0.717, 1.165) is 34.5 Å². The maximum absolute atomic E-state index is 12.7. The van der Waals surface area contributed by atoms with E-state index in [1.165, 1.54) is 12.3 Å². The predicted octanol–water partition coefficient (Wildman–Crippen LogP) is 5.16. The van der Waals surface area contributed by atoms with Gasteiger partial charge in [-0.1, -0.05) is 12.1 Å². The van der Waals surface area contributed by atoms with Crippen molar-refractivity contribution in [1.82, 2.24) is 20.2 Å². The summed E-state index contributed by atoms with van der Waals surface area (Å²) >= 11 is 0. The molecule has 0 atom stereocenters. The van der Waals surface area contributed by atoms with Crippen molar-refractivity contribution in [1.29, 1.82) is 0 Å². The smallest absolute Gasteiger partial charge is 0.338 e. The Hall–Kier alpha value is -3.55. The fourth-order valence-electron chi connectivity index (χ4n) is 2.87. The van der Waals surface area contributed by atoms with E-state index in [0.29, 0.717) is 11.2 Å². The molecular formula is C20H14F3N5. The summed E-state index contributed by atoms with van der Waals surface area (Å²) in [6.45, 7) is 1.98. The largest absolute Gasteiger partial charge is 0.417 e. The van der Waals surface area contributed by atoms with Crippen LogP contribution in [-0.4, -0.2) is 20.2 Å². The summed E-state index contributed by atoms with van der Waals surface area (Å²) in [5, 5.41) is 11.9. The zero-order valence-corrected chi connectivity index (χ0v) is 14.7. The number of alkyl halides is 3. The topological polar surface area (TPSA) is 63.6 Å². The van der Waals surface area contributed by atoms with Crippen molar-refractivity contribution in [3.63, 3.8) is 0 Å². The van der Waals surface area contributed by atoms with E-state index in [1.54, 1.807) is 6.20 Å². The van der Waals surface area contributed by atoms with Crippen LogP contribution in [0.5, 0.6) is 0 Å². The molecule has 0 unspecified atom stereocenters. The van der Waals surface area contributed by atoms with E-state index in [-0.39, 0.29) is 5.82 Å². The number of pyridine rings is 2. The molecule has 3 heterocycles. The van der Waals surface area contributed by atoms with Crippen molar-refractivity contribution in [2.24, 2.45) is 0 Å². The number of hydrogen-bond donors (Lipinski definition) is 1. The first-order chi connectivity index (χ1) is 13.4. The standard InChI is InChI=1S/C20H14F3N5/c1-12-3-2-8-24-19(12)13-4-6-15-16(9-13)28-26-11-17(15)27-18-7-5-14(10-25-18)20(21,22)23/h2-11H,1H3,(H,25,27,28). The Labute approximate surface area is 158 Å². The van der Waals surface area contributed by atoms with E-state index in [4.69, 9.17) is 0 Å². The van der Waals surface area contributed by atoms with Gasteiger partial charge in [0.05, 0.1) is 28.7 Å². The van der Waals surface area contributed by atoms with Gasteiger partial charge < -0.3 is 5.32 Å². The molecule has 0 amide bonds. The van der Waals surface area contributed by atoms with Crippen LogP contribution < -0.4 is 5.32 Å². The Morgan fingerprint density at radius 2 is 1.82 bits per heavy atom. The molecule has 0 saturated heterocycles. The Balaban J connectivity index is 1.68. The molecule has 8 heteroatoms. The van der Waals surface area contributed by atoms with E-state index >= 15 is 0 Å². The third kappa shape index (κ3) is 3.48. The maximum atomic E-state index is 12.7. The molecule has 4 aromatic rings. The lowest BCUT2D eigenvalue weighted by Gasteiger charge is -2.11. The number of nitrogens with zero attached hydrogens (tertiary/aromatic N) is 4. The van der Waals surface area contributed by atoms with Crippen LogP contribution in [-0.2, 0) is 6.18 Å². The van der Waals surface area contributed by atoms with Crippen LogP contribution in [0.1, 0.15) is 11.1 Å². The molecule has 140 valence electrons.